The Hall–Kier alpha value is -1.23. The van der Waals surface area contributed by atoms with Crippen LogP contribution in [-0.4, -0.2) is 22.8 Å². The number of hydrogen-bond donors (Lipinski definition) is 2. The number of aromatic nitrogens is 2. The molecule has 5 nitrogen and oxygen atoms in total. The fourth-order valence-corrected chi connectivity index (χ4v) is 4.48. The van der Waals surface area contributed by atoms with Crippen molar-refractivity contribution in [2.45, 2.75) is 46.6 Å². The van der Waals surface area contributed by atoms with Crippen LogP contribution in [0.4, 0.5) is 5.69 Å². The van der Waals surface area contributed by atoms with Crippen LogP contribution in [0.25, 0.3) is 0 Å². The molecule has 3 fully saturated rings. The van der Waals surface area contributed by atoms with Gasteiger partial charge in [0.2, 0.25) is 0 Å². The molecule has 2 bridgehead atoms. The van der Waals surface area contributed by atoms with Gasteiger partial charge < -0.3 is 10.1 Å². The van der Waals surface area contributed by atoms with Crippen LogP contribution < -0.4 is 15.6 Å². The van der Waals surface area contributed by atoms with E-state index in [9.17, 15) is 4.79 Å². The minimum absolute atomic E-state index is 0.129. The second-order valence-electron chi connectivity index (χ2n) is 7.19. The second-order valence-corrected chi connectivity index (χ2v) is 7.56. The second kappa shape index (κ2) is 5.44. The molecule has 3 aliphatic carbocycles. The molecule has 22 heavy (non-hydrogen) atoms. The van der Waals surface area contributed by atoms with E-state index in [1.54, 1.807) is 0 Å². The first-order valence-corrected chi connectivity index (χ1v) is 8.41. The monoisotopic (exact) mass is 325 g/mol. The van der Waals surface area contributed by atoms with Crippen LogP contribution in [-0.2, 0) is 0 Å². The lowest BCUT2D eigenvalue weighted by molar-refractivity contribution is -0.105. The van der Waals surface area contributed by atoms with Gasteiger partial charge in [-0.05, 0) is 42.9 Å². The molecule has 1 heterocycles. The Morgan fingerprint density at radius 2 is 2.18 bits per heavy atom. The number of H-pyrrole nitrogens is 1. The van der Waals surface area contributed by atoms with Crippen LogP contribution in [0.2, 0.25) is 5.02 Å². The van der Waals surface area contributed by atoms with Crippen molar-refractivity contribution in [3.05, 3.63) is 15.4 Å². The number of rotatable bonds is 4. The van der Waals surface area contributed by atoms with Crippen molar-refractivity contribution in [2.75, 3.05) is 11.9 Å². The summed E-state index contributed by atoms with van der Waals surface area (Å²) in [4.78, 5) is 11.8. The molecule has 0 amide bonds. The Kier molecular flexibility index (Phi) is 3.87. The summed E-state index contributed by atoms with van der Waals surface area (Å²) in [7, 11) is 0. The van der Waals surface area contributed by atoms with Crippen molar-refractivity contribution in [1.29, 1.82) is 0 Å². The van der Waals surface area contributed by atoms with Gasteiger partial charge in [0.1, 0.15) is 10.7 Å². The van der Waals surface area contributed by atoms with Crippen molar-refractivity contribution in [1.82, 2.24) is 10.2 Å². The summed E-state index contributed by atoms with van der Waals surface area (Å²) >= 11 is 6.18. The topological polar surface area (TPSA) is 67.0 Å². The lowest BCUT2D eigenvalue weighted by Gasteiger charge is -2.62. The Labute approximate surface area is 135 Å². The van der Waals surface area contributed by atoms with E-state index in [4.69, 9.17) is 16.3 Å². The Bertz CT molecular complexity index is 628. The zero-order valence-corrected chi connectivity index (χ0v) is 14.3. The van der Waals surface area contributed by atoms with Crippen molar-refractivity contribution >= 4 is 17.3 Å². The van der Waals surface area contributed by atoms with Crippen LogP contribution >= 0.6 is 11.6 Å². The van der Waals surface area contributed by atoms with Gasteiger partial charge in [-0.15, -0.1) is 5.10 Å². The zero-order chi connectivity index (χ0) is 16.1. The molecule has 1 aromatic rings. The maximum atomic E-state index is 11.8. The molecule has 6 heteroatoms. The third-order valence-electron chi connectivity index (χ3n) is 5.86. The van der Waals surface area contributed by atoms with E-state index in [1.807, 2.05) is 6.92 Å². The van der Waals surface area contributed by atoms with Gasteiger partial charge in [-0.1, -0.05) is 32.4 Å². The molecule has 3 aliphatic rings. The molecule has 2 N–H and O–H groups in total. The largest absolute Gasteiger partial charge is 0.475 e. The molecule has 122 valence electrons. The van der Waals surface area contributed by atoms with Crippen LogP contribution in [0, 0.1) is 23.2 Å². The lowest BCUT2D eigenvalue weighted by atomic mass is 9.45. The fourth-order valence-electron chi connectivity index (χ4n) is 4.31. The standard InChI is InChI=1S/C16H24ClN3O2/c1-5-22-15-13(12(17)14(21)19-20-15)18-11-7-9-6-10(8(11)2)16(9,3)4/h8-11H,5-7H2,1-4H3,(H2,18,19,21)/t8-,9+,10-,11-/m1/s1. The SMILES string of the molecule is CCOc1n[nH]c(=O)c(Cl)c1N[C@@H]1C[C@@H]2C[C@H]([C@H]1C)C2(C)C. The highest BCUT2D eigenvalue weighted by molar-refractivity contribution is 6.33. The smallest absolute Gasteiger partial charge is 0.285 e. The van der Waals surface area contributed by atoms with Gasteiger partial charge in [0.15, 0.2) is 0 Å². The molecule has 0 aliphatic heterocycles. The highest BCUT2D eigenvalue weighted by atomic mass is 35.5. The van der Waals surface area contributed by atoms with Crippen molar-refractivity contribution in [2.24, 2.45) is 23.2 Å². The number of nitrogens with zero attached hydrogens (tertiary/aromatic N) is 1. The number of aromatic amines is 1. The minimum atomic E-state index is -0.387. The highest BCUT2D eigenvalue weighted by Crippen LogP contribution is 2.61. The van der Waals surface area contributed by atoms with E-state index in [1.165, 1.54) is 6.42 Å². The first kappa shape index (κ1) is 15.7. The van der Waals surface area contributed by atoms with E-state index in [-0.39, 0.29) is 10.6 Å². The molecule has 0 radical (unpaired) electrons. The Morgan fingerprint density at radius 3 is 2.77 bits per heavy atom. The summed E-state index contributed by atoms with van der Waals surface area (Å²) in [5.41, 5.74) is 0.570. The van der Waals surface area contributed by atoms with Gasteiger partial charge in [-0.2, -0.15) is 0 Å². The molecular formula is C16H24ClN3O2. The van der Waals surface area contributed by atoms with Crippen molar-refractivity contribution in [3.63, 3.8) is 0 Å². The average Bonchev–Trinajstić information content (AvgIpc) is 2.47. The molecule has 4 rings (SSSR count). The fraction of sp³-hybridized carbons (Fsp3) is 0.750. The van der Waals surface area contributed by atoms with E-state index in [2.05, 4.69) is 36.3 Å². The van der Waals surface area contributed by atoms with Crippen LogP contribution in [0.1, 0.15) is 40.5 Å². The maximum absolute atomic E-state index is 11.8. The number of nitrogens with one attached hydrogen (secondary N) is 2. The Morgan fingerprint density at radius 1 is 1.45 bits per heavy atom. The van der Waals surface area contributed by atoms with E-state index >= 15 is 0 Å². The van der Waals surface area contributed by atoms with Gasteiger partial charge in [-0.3, -0.25) is 4.79 Å². The zero-order valence-electron chi connectivity index (χ0n) is 13.6. The summed E-state index contributed by atoms with van der Waals surface area (Å²) < 4.78 is 5.50. The summed E-state index contributed by atoms with van der Waals surface area (Å²) in [6.45, 7) is 9.38. The van der Waals surface area contributed by atoms with Crippen LogP contribution in [0.3, 0.4) is 0 Å². The summed E-state index contributed by atoms with van der Waals surface area (Å²) in [6.07, 6.45) is 2.41. The maximum Gasteiger partial charge on any atom is 0.285 e. The van der Waals surface area contributed by atoms with Gasteiger partial charge in [0.25, 0.3) is 11.4 Å². The molecule has 0 unspecified atom stereocenters. The number of ether oxygens (including phenoxy) is 1. The van der Waals surface area contributed by atoms with Crippen LogP contribution in [0.5, 0.6) is 5.88 Å². The molecule has 4 atom stereocenters. The Balaban J connectivity index is 1.85. The summed E-state index contributed by atoms with van der Waals surface area (Å²) in [6, 6.07) is 0.303. The first-order chi connectivity index (χ1) is 10.4. The average molecular weight is 326 g/mol. The molecular weight excluding hydrogens is 302 g/mol. The quantitative estimate of drug-likeness (QED) is 0.891. The number of halogens is 1. The molecule has 0 saturated heterocycles. The molecule has 0 spiro atoms. The predicted molar refractivity (Wildman–Crippen MR) is 87.6 cm³/mol. The summed E-state index contributed by atoms with van der Waals surface area (Å²) in [5.74, 6) is 2.35. The van der Waals surface area contributed by atoms with E-state index < -0.39 is 0 Å². The minimum Gasteiger partial charge on any atom is -0.475 e. The molecule has 0 aromatic carbocycles. The van der Waals surface area contributed by atoms with Gasteiger partial charge >= 0.3 is 0 Å². The summed E-state index contributed by atoms with van der Waals surface area (Å²) in [5, 5.41) is 9.92. The third-order valence-corrected chi connectivity index (χ3v) is 6.22. The molecule has 1 aromatic heterocycles. The van der Waals surface area contributed by atoms with E-state index in [0.29, 0.717) is 41.5 Å². The van der Waals surface area contributed by atoms with Gasteiger partial charge in [0.05, 0.1) is 6.61 Å². The highest BCUT2D eigenvalue weighted by Gasteiger charge is 2.56. The third kappa shape index (κ3) is 2.30. The normalized spacial score (nSPS) is 32.2. The lowest BCUT2D eigenvalue weighted by Crippen LogP contribution is -2.58. The van der Waals surface area contributed by atoms with Crippen LogP contribution in [0.15, 0.2) is 4.79 Å². The van der Waals surface area contributed by atoms with Crippen molar-refractivity contribution in [3.8, 4) is 5.88 Å². The van der Waals surface area contributed by atoms with E-state index in [0.717, 1.165) is 12.3 Å². The van der Waals surface area contributed by atoms with Crippen molar-refractivity contribution < 1.29 is 4.74 Å². The van der Waals surface area contributed by atoms with Gasteiger partial charge in [0, 0.05) is 6.04 Å². The number of fused-ring (bicyclic) bond motifs is 2. The van der Waals surface area contributed by atoms with Gasteiger partial charge in [-0.25, -0.2) is 5.10 Å². The number of hydrogen-bond acceptors (Lipinski definition) is 4. The molecule has 3 saturated carbocycles. The number of anilines is 1. The predicted octanol–water partition coefficient (Wildman–Crippen LogP) is 3.30. The first-order valence-electron chi connectivity index (χ1n) is 8.03.